The highest BCUT2D eigenvalue weighted by molar-refractivity contribution is 5.93. The van der Waals surface area contributed by atoms with Crippen LogP contribution < -0.4 is 38.4 Å². The quantitative estimate of drug-likeness (QED) is 0.00631. The molecule has 0 spiro atoms. The Kier molecular flexibility index (Phi) is 35.8. The fourth-order valence-corrected chi connectivity index (χ4v) is 12.0. The van der Waals surface area contributed by atoms with Gasteiger partial charge in [-0.05, 0) is 58.4 Å². The third kappa shape index (κ3) is 24.7. The molecule has 5 heterocycles. The van der Waals surface area contributed by atoms with Crippen LogP contribution in [0.15, 0.2) is 210 Å². The van der Waals surface area contributed by atoms with Crippen LogP contribution in [0.1, 0.15) is 75.0 Å². The van der Waals surface area contributed by atoms with E-state index in [2.05, 4.69) is 86.8 Å². The van der Waals surface area contributed by atoms with E-state index in [1.165, 1.54) is 46.8 Å². The van der Waals surface area contributed by atoms with Gasteiger partial charge in [0.2, 0.25) is 41.2 Å². The number of nitro groups is 5. The van der Waals surface area contributed by atoms with Gasteiger partial charge in [-0.2, -0.15) is 26.3 Å². The number of nitrogens with zero attached hydrogens (tertiary/aromatic N) is 25. The molecule has 718 valence electrons. The molecule has 0 aliphatic heterocycles. The molecule has 0 fully saturated rings. The highest BCUT2D eigenvalue weighted by Gasteiger charge is 2.28. The minimum Gasteiger partial charge on any atom is -0.506 e. The van der Waals surface area contributed by atoms with Gasteiger partial charge in [-0.3, -0.25) is 107 Å². The summed E-state index contributed by atoms with van der Waals surface area (Å²) in [7, 11) is 0. The van der Waals surface area contributed by atoms with Gasteiger partial charge < -0.3 is 61.7 Å². The molecule has 0 aliphatic rings. The van der Waals surface area contributed by atoms with Crippen molar-refractivity contribution in [1.82, 2.24) is 22.8 Å². The van der Waals surface area contributed by atoms with Crippen molar-refractivity contribution in [3.05, 3.63) is 298 Å². The van der Waals surface area contributed by atoms with E-state index in [0.717, 1.165) is 116 Å². The van der Waals surface area contributed by atoms with Gasteiger partial charge in [-0.15, -0.1) is 77.1 Å². The summed E-state index contributed by atoms with van der Waals surface area (Å²) in [5, 5.41) is 243. The predicted molar refractivity (Wildman–Crippen MR) is 496 cm³/mol. The number of phenolic OH excluding ortho intramolecular Hbond substituents is 5. The van der Waals surface area contributed by atoms with Gasteiger partial charge >= 0.3 is 0 Å². The van der Waals surface area contributed by atoms with E-state index in [0.29, 0.717) is 5.56 Å². The molecule has 0 radical (unpaired) electrons. The molecule has 0 saturated heterocycles. The van der Waals surface area contributed by atoms with Gasteiger partial charge in [-0.25, -0.2) is 0 Å². The van der Waals surface area contributed by atoms with Crippen LogP contribution in [0, 0.1) is 167 Å². The Balaban J connectivity index is 0.000000241. The number of hydrogen-bond acceptors (Lipinski definition) is 42. The van der Waals surface area contributed by atoms with Crippen LogP contribution in [-0.4, -0.2) is 110 Å². The summed E-state index contributed by atoms with van der Waals surface area (Å²) in [5.74, 6) is -2.03. The fraction of sp³-hybridized carbons (Fsp3) is 0.136. The molecule has 6 aromatic carbocycles. The Morgan fingerprint density at radius 3 is 0.852 bits per heavy atom. The van der Waals surface area contributed by atoms with Crippen molar-refractivity contribution in [3.63, 3.8) is 0 Å². The standard InChI is InChI=1S/C20H15N5O5.C18H16N6O6.C18H14N6O6.C16H13N5O5.C16H11N5O5/c1-12-15(10-21)19(27)24(11-13-5-3-2-4-6-13)20(28)18(12)23-22-16-9-14(25(29)30)7-8-17(16)26;2*1-4-5-23-17(27)12(8-19)9(2)15(18(23)28)22-21-14-7-11(24(29)30)6-13(16(14)26)20-10(3)25;2*1-3-6-20-15(23)11(8-17)9(2)14(16(20)24)19-18-12-7-10(21(25)26)4-5-13(12)22/h2-9,26-27H,11H2,1H3;4,6-7,26-27H,1,5H2,2-3H3,(H,20,25);1,6-7,26-27H,5H2,2-3H3,(H,20,25);3-5,7,22-23H,1,6H2,2H3;1,4-5,7,22-23H,6H2,2H3. The van der Waals surface area contributed by atoms with E-state index in [4.69, 9.17) is 18.1 Å². The lowest BCUT2D eigenvalue weighted by Crippen LogP contribution is -2.22. The van der Waals surface area contributed by atoms with E-state index in [9.17, 15) is 156 Å². The summed E-state index contributed by atoms with van der Waals surface area (Å²) < 4.78 is 4.23. The Morgan fingerprint density at radius 2 is 0.606 bits per heavy atom. The minimum atomic E-state index is -0.863. The first kappa shape index (κ1) is 107. The number of benzene rings is 6. The summed E-state index contributed by atoms with van der Waals surface area (Å²) in [6.45, 7) is 15.3. The molecule has 0 bridgehead atoms. The molecular weight excluding hydrogens is 1870 g/mol. The van der Waals surface area contributed by atoms with Crippen LogP contribution in [0.5, 0.6) is 58.1 Å². The monoisotopic (exact) mass is 1940 g/mol. The van der Waals surface area contributed by atoms with E-state index in [1.807, 2.05) is 6.07 Å². The number of hydrogen-bond donors (Lipinski definition) is 12. The lowest BCUT2D eigenvalue weighted by molar-refractivity contribution is -0.385. The number of terminal acetylenes is 2. The molecule has 12 N–H and O–H groups in total. The third-order valence-corrected chi connectivity index (χ3v) is 19.1. The van der Waals surface area contributed by atoms with E-state index >= 15 is 0 Å². The smallest absolute Gasteiger partial charge is 0.282 e. The second-order valence-electron chi connectivity index (χ2n) is 28.3. The first-order chi connectivity index (χ1) is 67.2. The highest BCUT2D eigenvalue weighted by atomic mass is 16.6. The number of carbonyl (C=O) groups is 2. The summed E-state index contributed by atoms with van der Waals surface area (Å²) in [4.78, 5) is 137. The van der Waals surface area contributed by atoms with E-state index < -0.39 is 128 Å². The fourth-order valence-electron chi connectivity index (χ4n) is 12.0. The van der Waals surface area contributed by atoms with Crippen molar-refractivity contribution in [2.45, 2.75) is 81.2 Å². The molecule has 11 rings (SSSR count). The Morgan fingerprint density at radius 1 is 0.366 bits per heavy atom. The summed E-state index contributed by atoms with van der Waals surface area (Å²) in [5.41, 5.74) is -9.40. The van der Waals surface area contributed by atoms with Gasteiger partial charge in [0.1, 0.15) is 104 Å². The Hall–Kier alpha value is -21.9. The average Bonchev–Trinajstić information content (AvgIpc) is 0.795. The van der Waals surface area contributed by atoms with Crippen molar-refractivity contribution in [1.29, 1.82) is 26.3 Å². The molecule has 11 aromatic rings. The number of nitriles is 5. The highest BCUT2D eigenvalue weighted by Crippen LogP contribution is 2.44. The zero-order chi connectivity index (χ0) is 106. The Bertz CT molecular complexity index is 7920. The number of azo groups is 5. The Labute approximate surface area is 793 Å². The van der Waals surface area contributed by atoms with Gasteiger partial charge in [0.15, 0.2) is 39.9 Å². The molecule has 0 atom stereocenters. The number of nitro benzene ring substituents is 5. The number of non-ortho nitro benzene ring substituents is 5. The lowest BCUT2D eigenvalue weighted by Gasteiger charge is -2.13. The maximum atomic E-state index is 12.9. The molecule has 5 aromatic heterocycles. The number of anilines is 2. The number of aromatic hydroxyl groups is 10. The number of pyridine rings is 5. The molecule has 54 nitrogen and oxygen atoms in total. The number of nitrogens with one attached hydrogen (secondary N) is 2. The molecule has 2 amide bonds. The number of rotatable bonds is 25. The van der Waals surface area contributed by atoms with Gasteiger partial charge in [-0.1, -0.05) is 54.3 Å². The second kappa shape index (κ2) is 47.4. The van der Waals surface area contributed by atoms with Crippen molar-refractivity contribution in [2.75, 3.05) is 10.6 Å². The lowest BCUT2D eigenvalue weighted by atomic mass is 10.1. The summed E-state index contributed by atoms with van der Waals surface area (Å²) in [6.07, 6.45) is 13.0. The molecule has 0 aliphatic carbocycles. The van der Waals surface area contributed by atoms with Crippen LogP contribution in [0.2, 0.25) is 0 Å². The van der Waals surface area contributed by atoms with Crippen LogP contribution >= 0.6 is 0 Å². The average molecular weight is 1940 g/mol. The van der Waals surface area contributed by atoms with Crippen molar-refractivity contribution in [2.24, 2.45) is 51.1 Å². The molecular formula is C88H69N27O27. The minimum absolute atomic E-state index is 0.00888. The normalized spacial score (nSPS) is 10.6. The molecule has 0 saturated carbocycles. The summed E-state index contributed by atoms with van der Waals surface area (Å²) >= 11 is 0. The predicted octanol–water partition coefficient (Wildman–Crippen LogP) is 14.4. The van der Waals surface area contributed by atoms with Crippen molar-refractivity contribution in [3.8, 4) is 113 Å². The maximum Gasteiger partial charge on any atom is 0.282 e. The zero-order valence-electron chi connectivity index (χ0n) is 74.2. The summed E-state index contributed by atoms with van der Waals surface area (Å²) in [6, 6.07) is 30.8. The number of allylic oxidation sites excluding steroid dienone is 2. The van der Waals surface area contributed by atoms with E-state index in [1.54, 1.807) is 54.6 Å². The largest absolute Gasteiger partial charge is 0.506 e. The van der Waals surface area contributed by atoms with Crippen LogP contribution in [0.4, 0.5) is 96.7 Å². The number of phenols is 5. The zero-order valence-corrected chi connectivity index (χ0v) is 74.2. The number of aromatic nitrogens is 5. The molecule has 54 heteroatoms. The second-order valence-corrected chi connectivity index (χ2v) is 28.3. The number of amides is 2. The SMILES string of the molecule is C#CCn1c(O)c(C#N)c(C)c(N=Nc2cc([N+](=O)[O-])cc(NC(C)=O)c2O)c1=O.C#CCn1c(O)c(C#N)c(C)c(N=Nc2cc([N+](=O)[O-])ccc2O)c1=O.C=CCn1c(O)c(C#N)c(C)c(N=Nc2cc([N+](=O)[O-])cc(NC(C)=O)c2O)c1=O.C=CCn1c(O)c(C#N)c(C)c(N=Nc2cc([N+](=O)[O-])ccc2O)c1=O.Cc1c(C#N)c(O)n(Cc2ccccc2)c(=O)c1N=Nc1cc([N+](=O)[O-])ccc1O. The van der Waals surface area contributed by atoms with Crippen LogP contribution in [-0.2, 0) is 42.3 Å². The number of carbonyl (C=O) groups excluding carboxylic acids is 2. The van der Waals surface area contributed by atoms with Gasteiger partial charge in [0.05, 0.1) is 55.6 Å². The van der Waals surface area contributed by atoms with Crippen LogP contribution in [0.25, 0.3) is 0 Å². The topological polar surface area (TPSA) is 829 Å². The van der Waals surface area contributed by atoms with Crippen molar-refractivity contribution >= 4 is 108 Å². The maximum absolute atomic E-state index is 12.9. The van der Waals surface area contributed by atoms with Crippen LogP contribution in [0.3, 0.4) is 0 Å². The molecule has 0 unspecified atom stereocenters. The third-order valence-electron chi connectivity index (χ3n) is 19.1. The van der Waals surface area contributed by atoms with Gasteiger partial charge in [0, 0.05) is 115 Å². The first-order valence-electron chi connectivity index (χ1n) is 39.2. The molecule has 142 heavy (non-hydrogen) atoms. The van der Waals surface area contributed by atoms with Gasteiger partial charge in [0.25, 0.3) is 56.2 Å². The van der Waals surface area contributed by atoms with E-state index in [-0.39, 0.29) is 180 Å². The first-order valence-corrected chi connectivity index (χ1v) is 39.2. The van der Waals surface area contributed by atoms with Crippen molar-refractivity contribution < 1.29 is 85.3 Å².